The lowest BCUT2D eigenvalue weighted by Crippen LogP contribution is -2.41. The summed E-state index contributed by atoms with van der Waals surface area (Å²) in [6.45, 7) is 21.5. The van der Waals surface area contributed by atoms with Crippen LogP contribution in [0.15, 0.2) is 11.6 Å². The summed E-state index contributed by atoms with van der Waals surface area (Å²) in [5, 5.41) is 3.58. The molecule has 0 radical (unpaired) electrons. The van der Waals surface area contributed by atoms with Gasteiger partial charge in [0.05, 0.1) is 0 Å². The number of nitrogens with one attached hydrogen (secondary N) is 1. The average Bonchev–Trinajstić information content (AvgIpc) is 2.62. The molecule has 0 aliphatic heterocycles. The molecule has 24 heavy (non-hydrogen) atoms. The molecule has 0 rings (SSSR count). The molecule has 1 nitrogen and oxygen atoms in total. The van der Waals surface area contributed by atoms with Gasteiger partial charge in [-0.05, 0) is 69.2 Å². The highest BCUT2D eigenvalue weighted by Gasteiger charge is 2.40. The van der Waals surface area contributed by atoms with Crippen molar-refractivity contribution in [2.45, 2.75) is 100 Å². The SMILES string of the molecule is C/C=C(/C(CC(C)C(C)CC)C(C)NC)C(CC)(CC)C(C)CC. The maximum absolute atomic E-state index is 3.58. The normalized spacial score (nSPS) is 19.7. The van der Waals surface area contributed by atoms with Gasteiger partial charge >= 0.3 is 0 Å². The smallest absolute Gasteiger partial charge is 0.0101 e. The van der Waals surface area contributed by atoms with E-state index in [1.165, 1.54) is 32.1 Å². The Morgan fingerprint density at radius 1 is 0.917 bits per heavy atom. The predicted octanol–water partition coefficient (Wildman–Crippen LogP) is 7.08. The van der Waals surface area contributed by atoms with E-state index in [9.17, 15) is 0 Å². The third kappa shape index (κ3) is 5.35. The van der Waals surface area contributed by atoms with Crippen molar-refractivity contribution < 1.29 is 0 Å². The molecule has 5 atom stereocenters. The molecule has 144 valence electrons. The molecule has 0 aliphatic rings. The lowest BCUT2D eigenvalue weighted by Gasteiger charge is -2.45. The molecule has 0 bridgehead atoms. The minimum absolute atomic E-state index is 0.356. The van der Waals surface area contributed by atoms with Crippen molar-refractivity contribution in [1.82, 2.24) is 5.32 Å². The summed E-state index contributed by atoms with van der Waals surface area (Å²) < 4.78 is 0. The van der Waals surface area contributed by atoms with Crippen molar-refractivity contribution in [3.8, 4) is 0 Å². The summed E-state index contributed by atoms with van der Waals surface area (Å²) in [5.41, 5.74) is 2.08. The van der Waals surface area contributed by atoms with Crippen LogP contribution in [-0.4, -0.2) is 13.1 Å². The predicted molar refractivity (Wildman–Crippen MR) is 111 cm³/mol. The van der Waals surface area contributed by atoms with Gasteiger partial charge in [0.1, 0.15) is 0 Å². The van der Waals surface area contributed by atoms with E-state index in [2.05, 4.69) is 80.8 Å². The first-order valence-corrected chi connectivity index (χ1v) is 10.6. The van der Waals surface area contributed by atoms with Gasteiger partial charge in [-0.1, -0.05) is 73.0 Å². The van der Waals surface area contributed by atoms with Crippen molar-refractivity contribution >= 4 is 0 Å². The van der Waals surface area contributed by atoms with Gasteiger partial charge in [-0.25, -0.2) is 0 Å². The summed E-state index contributed by atoms with van der Waals surface area (Å²) in [7, 11) is 2.13. The van der Waals surface area contributed by atoms with Gasteiger partial charge in [0.25, 0.3) is 0 Å². The van der Waals surface area contributed by atoms with Crippen LogP contribution in [0, 0.1) is 29.1 Å². The first kappa shape index (κ1) is 23.7. The Bertz CT molecular complexity index is 353. The summed E-state index contributed by atoms with van der Waals surface area (Å²) >= 11 is 0. The van der Waals surface area contributed by atoms with Crippen LogP contribution in [0.2, 0.25) is 0 Å². The van der Waals surface area contributed by atoms with Gasteiger partial charge in [0, 0.05) is 6.04 Å². The highest BCUT2D eigenvalue weighted by molar-refractivity contribution is 5.20. The highest BCUT2D eigenvalue weighted by atomic mass is 14.9. The number of rotatable bonds is 12. The second-order valence-electron chi connectivity index (χ2n) is 8.20. The fourth-order valence-corrected chi connectivity index (χ4v) is 4.74. The average molecular weight is 338 g/mol. The van der Waals surface area contributed by atoms with Crippen LogP contribution in [-0.2, 0) is 0 Å². The Hall–Kier alpha value is -0.300. The first-order chi connectivity index (χ1) is 11.3. The van der Waals surface area contributed by atoms with Crippen LogP contribution in [0.4, 0.5) is 0 Å². The number of allylic oxidation sites excluding steroid dienone is 1. The van der Waals surface area contributed by atoms with Crippen molar-refractivity contribution in [3.05, 3.63) is 11.6 Å². The molecule has 0 aromatic rings. The second-order valence-corrected chi connectivity index (χ2v) is 8.20. The quantitative estimate of drug-likeness (QED) is 0.375. The van der Waals surface area contributed by atoms with Crippen molar-refractivity contribution in [2.24, 2.45) is 29.1 Å². The molecule has 0 fully saturated rings. The molecule has 0 spiro atoms. The van der Waals surface area contributed by atoms with Crippen molar-refractivity contribution in [3.63, 3.8) is 0 Å². The molecule has 1 N–H and O–H groups in total. The summed E-state index contributed by atoms with van der Waals surface area (Å²) in [6.07, 6.45) is 8.83. The van der Waals surface area contributed by atoms with Crippen molar-refractivity contribution in [2.75, 3.05) is 7.05 Å². The van der Waals surface area contributed by atoms with Gasteiger partial charge in [-0.3, -0.25) is 0 Å². The Balaban J connectivity index is 5.84. The maximum Gasteiger partial charge on any atom is 0.0101 e. The summed E-state index contributed by atoms with van der Waals surface area (Å²) in [5.74, 6) is 2.95. The Morgan fingerprint density at radius 3 is 1.79 bits per heavy atom. The standard InChI is InChI=1S/C23H47N/c1-11-17(6)18(7)16-21(20(9)24-10)22(13-3)23(14-4,15-5)19(8)12-2/h13,17-21,24H,11-12,14-16H2,1-10H3/b22-13-. The fraction of sp³-hybridized carbons (Fsp3) is 0.913. The zero-order valence-electron chi connectivity index (χ0n) is 18.5. The van der Waals surface area contributed by atoms with Crippen LogP contribution in [0.3, 0.4) is 0 Å². The number of hydrogen-bond acceptors (Lipinski definition) is 1. The first-order valence-electron chi connectivity index (χ1n) is 10.6. The molecule has 0 saturated heterocycles. The lowest BCUT2D eigenvalue weighted by atomic mass is 9.60. The van der Waals surface area contributed by atoms with Crippen LogP contribution >= 0.6 is 0 Å². The Morgan fingerprint density at radius 2 is 1.46 bits per heavy atom. The van der Waals surface area contributed by atoms with E-state index in [1.54, 1.807) is 5.57 Å². The lowest BCUT2D eigenvalue weighted by molar-refractivity contribution is 0.160. The molecule has 0 aromatic heterocycles. The Labute approximate surface area is 154 Å². The minimum atomic E-state index is 0.356. The molecule has 1 heteroatoms. The van der Waals surface area contributed by atoms with Crippen LogP contribution < -0.4 is 5.32 Å². The molecule has 0 heterocycles. The molecule has 0 aromatic carbocycles. The van der Waals surface area contributed by atoms with Gasteiger partial charge in [-0.2, -0.15) is 0 Å². The molecular weight excluding hydrogens is 290 g/mol. The molecule has 0 aliphatic carbocycles. The molecule has 0 saturated carbocycles. The molecule has 5 unspecified atom stereocenters. The second kappa shape index (κ2) is 11.3. The zero-order chi connectivity index (χ0) is 18.9. The van der Waals surface area contributed by atoms with Crippen molar-refractivity contribution in [1.29, 1.82) is 0 Å². The van der Waals surface area contributed by atoms with E-state index in [0.717, 1.165) is 17.8 Å². The van der Waals surface area contributed by atoms with E-state index in [-0.39, 0.29) is 0 Å². The third-order valence-electron chi connectivity index (χ3n) is 7.40. The molecule has 0 amide bonds. The van der Waals surface area contributed by atoms with Gasteiger partial charge in [0.2, 0.25) is 0 Å². The molecular formula is C23H47N. The monoisotopic (exact) mass is 337 g/mol. The van der Waals surface area contributed by atoms with E-state index in [1.807, 2.05) is 0 Å². The zero-order valence-corrected chi connectivity index (χ0v) is 18.5. The van der Waals surface area contributed by atoms with Crippen LogP contribution in [0.25, 0.3) is 0 Å². The van der Waals surface area contributed by atoms with Crippen LogP contribution in [0.5, 0.6) is 0 Å². The minimum Gasteiger partial charge on any atom is -0.317 e. The van der Waals surface area contributed by atoms with E-state index < -0.39 is 0 Å². The topological polar surface area (TPSA) is 12.0 Å². The van der Waals surface area contributed by atoms with E-state index in [0.29, 0.717) is 17.4 Å². The van der Waals surface area contributed by atoms with Gasteiger partial charge < -0.3 is 5.32 Å². The summed E-state index contributed by atoms with van der Waals surface area (Å²) in [6, 6.07) is 0.532. The maximum atomic E-state index is 3.58. The third-order valence-corrected chi connectivity index (χ3v) is 7.40. The summed E-state index contributed by atoms with van der Waals surface area (Å²) in [4.78, 5) is 0. The highest BCUT2D eigenvalue weighted by Crippen LogP contribution is 2.49. The Kier molecular flexibility index (Phi) is 11.2. The largest absolute Gasteiger partial charge is 0.317 e. The van der Waals surface area contributed by atoms with Crippen LogP contribution in [0.1, 0.15) is 94.4 Å². The van der Waals surface area contributed by atoms with Gasteiger partial charge in [0.15, 0.2) is 0 Å². The van der Waals surface area contributed by atoms with Gasteiger partial charge in [-0.15, -0.1) is 0 Å². The fourth-order valence-electron chi connectivity index (χ4n) is 4.74. The number of hydrogen-bond donors (Lipinski definition) is 1. The van der Waals surface area contributed by atoms with E-state index in [4.69, 9.17) is 0 Å². The van der Waals surface area contributed by atoms with E-state index >= 15 is 0 Å².